The van der Waals surface area contributed by atoms with Crippen molar-refractivity contribution in [3.8, 4) is 0 Å². The zero-order valence-electron chi connectivity index (χ0n) is 13.9. The van der Waals surface area contributed by atoms with Crippen molar-refractivity contribution >= 4 is 16.1 Å². The minimum atomic E-state index is -6.28. The second-order valence-corrected chi connectivity index (χ2v) is 9.38. The number of halogens is 6. The molecule has 0 aromatic carbocycles. The van der Waals surface area contributed by atoms with Crippen molar-refractivity contribution in [2.45, 2.75) is 50.1 Å². The van der Waals surface area contributed by atoms with E-state index < -0.39 is 45.7 Å². The Morgan fingerprint density at radius 3 is 1.63 bits per heavy atom. The minimum absolute atomic E-state index is 0.310. The standard InChI is InChI=1S/C15H18F6O5S/c16-14(17,18)13(15(19,20)21,6-27(23,24)25)26-12(22)11-9-2-7-1-8(4-9)5-10(11)3-7/h7-11H,1-6H2,(H,23,24,25). The Hall–Kier alpha value is -1.04. The van der Waals surface area contributed by atoms with Gasteiger partial charge in [-0.1, -0.05) is 0 Å². The van der Waals surface area contributed by atoms with Gasteiger partial charge in [0.15, 0.2) is 0 Å². The fraction of sp³-hybridized carbons (Fsp3) is 0.933. The summed E-state index contributed by atoms with van der Waals surface area (Å²) in [6.45, 7) is 0. The van der Waals surface area contributed by atoms with Gasteiger partial charge in [-0.3, -0.25) is 9.35 Å². The second kappa shape index (κ2) is 6.23. The Balaban J connectivity index is 1.93. The van der Waals surface area contributed by atoms with Gasteiger partial charge in [-0.05, 0) is 55.8 Å². The van der Waals surface area contributed by atoms with Gasteiger partial charge in [0, 0.05) is 0 Å². The van der Waals surface area contributed by atoms with Gasteiger partial charge in [0.1, 0.15) is 5.75 Å². The number of rotatable bonds is 4. The predicted octanol–water partition coefficient (Wildman–Crippen LogP) is 3.35. The smallest absolute Gasteiger partial charge is 0.438 e. The van der Waals surface area contributed by atoms with E-state index in [0.717, 1.165) is 6.42 Å². The molecule has 4 aliphatic carbocycles. The molecule has 0 unspecified atom stereocenters. The predicted molar refractivity (Wildman–Crippen MR) is 77.9 cm³/mol. The molecule has 0 spiro atoms. The molecule has 0 amide bonds. The van der Waals surface area contributed by atoms with Gasteiger partial charge in [0.05, 0.1) is 5.92 Å². The molecule has 4 fully saturated rings. The van der Waals surface area contributed by atoms with Crippen LogP contribution in [0, 0.1) is 29.6 Å². The van der Waals surface area contributed by atoms with Crippen molar-refractivity contribution in [2.24, 2.45) is 29.6 Å². The fourth-order valence-electron chi connectivity index (χ4n) is 5.28. The molecule has 4 bridgehead atoms. The Morgan fingerprint density at radius 1 is 0.889 bits per heavy atom. The van der Waals surface area contributed by atoms with Crippen LogP contribution in [0.4, 0.5) is 26.3 Å². The van der Waals surface area contributed by atoms with Crippen LogP contribution in [0.2, 0.25) is 0 Å². The van der Waals surface area contributed by atoms with Crippen molar-refractivity contribution in [2.75, 3.05) is 5.75 Å². The molecule has 4 rings (SSSR count). The first-order valence-corrected chi connectivity index (χ1v) is 10.1. The summed E-state index contributed by atoms with van der Waals surface area (Å²) in [6, 6.07) is 0. The number of hydrogen-bond donors (Lipinski definition) is 1. The molecule has 0 radical (unpaired) electrons. The average molecular weight is 424 g/mol. The molecule has 0 aromatic heterocycles. The highest BCUT2D eigenvalue weighted by molar-refractivity contribution is 7.85. The maximum absolute atomic E-state index is 13.3. The van der Waals surface area contributed by atoms with E-state index in [1.54, 1.807) is 0 Å². The summed E-state index contributed by atoms with van der Waals surface area (Å²) in [4.78, 5) is 12.4. The Kier molecular flexibility index (Phi) is 4.77. The Morgan fingerprint density at radius 2 is 1.30 bits per heavy atom. The third-order valence-corrected chi connectivity index (χ3v) is 6.85. The average Bonchev–Trinajstić information content (AvgIpc) is 2.41. The first-order valence-electron chi connectivity index (χ1n) is 8.44. The first kappa shape index (κ1) is 20.7. The third kappa shape index (κ3) is 3.66. The van der Waals surface area contributed by atoms with E-state index in [4.69, 9.17) is 4.55 Å². The monoisotopic (exact) mass is 424 g/mol. The van der Waals surface area contributed by atoms with Gasteiger partial charge in [-0.25, -0.2) is 0 Å². The number of carbonyl (C=O) groups excluding carboxylic acids is 1. The normalized spacial score (nSPS) is 34.0. The van der Waals surface area contributed by atoms with Gasteiger partial charge in [0.2, 0.25) is 0 Å². The molecule has 5 nitrogen and oxygen atoms in total. The lowest BCUT2D eigenvalue weighted by molar-refractivity contribution is -0.363. The minimum Gasteiger partial charge on any atom is -0.438 e. The van der Waals surface area contributed by atoms with Gasteiger partial charge in [-0.15, -0.1) is 0 Å². The van der Waals surface area contributed by atoms with E-state index in [1.165, 1.54) is 0 Å². The van der Waals surface area contributed by atoms with Crippen LogP contribution < -0.4 is 0 Å². The van der Waals surface area contributed by atoms with Crippen LogP contribution in [0.25, 0.3) is 0 Å². The lowest BCUT2D eigenvalue weighted by Gasteiger charge is -2.53. The van der Waals surface area contributed by atoms with E-state index in [9.17, 15) is 39.6 Å². The third-order valence-electron chi connectivity index (χ3n) is 6.08. The molecule has 0 saturated heterocycles. The number of carbonyl (C=O) groups is 1. The van der Waals surface area contributed by atoms with Crippen molar-refractivity contribution < 1.29 is 48.8 Å². The maximum Gasteiger partial charge on any atom is 0.438 e. The zero-order valence-corrected chi connectivity index (χ0v) is 14.7. The molecule has 0 heterocycles. The van der Waals surface area contributed by atoms with Gasteiger partial charge in [-0.2, -0.15) is 34.8 Å². The van der Waals surface area contributed by atoms with Crippen LogP contribution >= 0.6 is 0 Å². The molecule has 1 N–H and O–H groups in total. The molecule has 4 aliphatic rings. The van der Waals surface area contributed by atoms with Gasteiger partial charge in [0.25, 0.3) is 10.1 Å². The Bertz CT molecular complexity index is 671. The van der Waals surface area contributed by atoms with Crippen molar-refractivity contribution in [3.63, 3.8) is 0 Å². The summed E-state index contributed by atoms with van der Waals surface area (Å²) in [7, 11) is -5.76. The summed E-state index contributed by atoms with van der Waals surface area (Å²) < 4.78 is 114. The summed E-state index contributed by atoms with van der Waals surface area (Å²) in [5.41, 5.74) is -5.31. The van der Waals surface area contributed by atoms with E-state index in [-0.39, 0.29) is 11.8 Å². The lowest BCUT2D eigenvalue weighted by atomic mass is 9.52. The summed E-state index contributed by atoms with van der Waals surface area (Å²) >= 11 is 0. The van der Waals surface area contributed by atoms with Crippen LogP contribution in [-0.2, 0) is 19.6 Å². The molecule has 12 heteroatoms. The molecule has 0 atom stereocenters. The van der Waals surface area contributed by atoms with Crippen LogP contribution in [0.3, 0.4) is 0 Å². The highest BCUT2D eigenvalue weighted by Crippen LogP contribution is 2.57. The van der Waals surface area contributed by atoms with Crippen LogP contribution in [0.5, 0.6) is 0 Å². The van der Waals surface area contributed by atoms with E-state index in [0.29, 0.717) is 37.5 Å². The van der Waals surface area contributed by atoms with E-state index in [1.807, 2.05) is 0 Å². The molecule has 27 heavy (non-hydrogen) atoms. The number of ether oxygens (including phenoxy) is 1. The SMILES string of the molecule is O=C(OC(CS(=O)(=O)O)(C(F)(F)F)C(F)(F)F)C1C2CC3CC(C2)CC1C3. The number of hydrogen-bond acceptors (Lipinski definition) is 4. The van der Waals surface area contributed by atoms with E-state index in [2.05, 4.69) is 4.74 Å². The lowest BCUT2D eigenvalue weighted by Crippen LogP contribution is -2.64. The van der Waals surface area contributed by atoms with Crippen LogP contribution in [0.1, 0.15) is 32.1 Å². The quantitative estimate of drug-likeness (QED) is 0.425. The van der Waals surface area contributed by atoms with Crippen LogP contribution in [-0.4, -0.2) is 42.6 Å². The molecular weight excluding hydrogens is 406 g/mol. The number of esters is 1. The van der Waals surface area contributed by atoms with E-state index >= 15 is 0 Å². The molecular formula is C15H18F6O5S. The van der Waals surface area contributed by atoms with Crippen LogP contribution in [0.15, 0.2) is 0 Å². The molecule has 156 valence electrons. The number of alkyl halides is 6. The first-order chi connectivity index (χ1) is 12.1. The van der Waals surface area contributed by atoms with Gasteiger partial charge < -0.3 is 4.74 Å². The van der Waals surface area contributed by atoms with Crippen molar-refractivity contribution in [1.29, 1.82) is 0 Å². The Labute approximate surface area is 151 Å². The highest BCUT2D eigenvalue weighted by atomic mass is 32.2. The highest BCUT2D eigenvalue weighted by Gasteiger charge is 2.76. The maximum atomic E-state index is 13.3. The largest absolute Gasteiger partial charge is 0.438 e. The van der Waals surface area contributed by atoms with Crippen molar-refractivity contribution in [3.05, 3.63) is 0 Å². The summed E-state index contributed by atoms with van der Waals surface area (Å²) in [5.74, 6) is -5.75. The second-order valence-electron chi connectivity index (χ2n) is 7.93. The summed E-state index contributed by atoms with van der Waals surface area (Å²) in [6.07, 6.45) is -9.45. The van der Waals surface area contributed by atoms with Gasteiger partial charge >= 0.3 is 23.9 Å². The molecule has 4 saturated carbocycles. The topological polar surface area (TPSA) is 80.7 Å². The fourth-order valence-corrected chi connectivity index (χ4v) is 6.18. The zero-order chi connectivity index (χ0) is 20.4. The molecule has 0 aliphatic heterocycles. The summed E-state index contributed by atoms with van der Waals surface area (Å²) in [5, 5.41) is 0. The molecule has 0 aromatic rings. The van der Waals surface area contributed by atoms with Crippen molar-refractivity contribution in [1.82, 2.24) is 0 Å².